The minimum Gasteiger partial charge on any atom is -0.506 e. The number of anilines is 2. The normalized spacial score (nSPS) is 17.6. The van der Waals surface area contributed by atoms with Gasteiger partial charge in [-0.05, 0) is 66.8 Å². The fraction of sp³-hybridized carbons (Fsp3) is 0.545. The highest BCUT2D eigenvalue weighted by Crippen LogP contribution is 2.33. The van der Waals surface area contributed by atoms with E-state index in [4.69, 9.17) is 19.7 Å². The first kappa shape index (κ1) is 38.4. The maximum atomic E-state index is 12.4. The van der Waals surface area contributed by atoms with Crippen LogP contribution in [-0.4, -0.2) is 105 Å². The van der Waals surface area contributed by atoms with Crippen molar-refractivity contribution in [2.75, 3.05) is 75.9 Å². The SMILES string of the molecule is [N-]=[N+]=NCCc1ccc(O)c(NNc2ccc(C(=O)NCCOCCOCCOCCNC(=O)CCCC[C@@H]3SC[C@@H]4NC(=O)N[C@@H]43)cc2)c1. The molecule has 4 rings (SSSR count). The summed E-state index contributed by atoms with van der Waals surface area (Å²) in [4.78, 5) is 38.7. The molecule has 0 aromatic heterocycles. The number of carbonyl (C=O) groups is 3. The molecule has 272 valence electrons. The van der Waals surface area contributed by atoms with Crippen LogP contribution in [0.2, 0.25) is 0 Å². The Morgan fingerprint density at radius 1 is 0.940 bits per heavy atom. The van der Waals surface area contributed by atoms with E-state index < -0.39 is 0 Å². The molecule has 0 saturated carbocycles. The summed E-state index contributed by atoms with van der Waals surface area (Å²) < 4.78 is 16.5. The third-order valence-electron chi connectivity index (χ3n) is 8.04. The second-order valence-corrected chi connectivity index (χ2v) is 13.0. The summed E-state index contributed by atoms with van der Waals surface area (Å²) in [6.45, 7) is 3.50. The van der Waals surface area contributed by atoms with Gasteiger partial charge in [0.2, 0.25) is 5.91 Å². The van der Waals surface area contributed by atoms with Crippen molar-refractivity contribution in [3.63, 3.8) is 0 Å². The Hall–Kier alpha value is -4.41. The van der Waals surface area contributed by atoms with Crippen LogP contribution in [0.1, 0.15) is 41.6 Å². The van der Waals surface area contributed by atoms with Crippen LogP contribution in [0.5, 0.6) is 5.75 Å². The Morgan fingerprint density at radius 3 is 2.40 bits per heavy atom. The molecule has 50 heavy (non-hydrogen) atoms. The molecule has 0 aliphatic carbocycles. The number of nitrogens with one attached hydrogen (secondary N) is 6. The minimum atomic E-state index is -0.223. The zero-order valence-electron chi connectivity index (χ0n) is 28.0. The van der Waals surface area contributed by atoms with E-state index in [1.807, 2.05) is 11.8 Å². The molecule has 16 nitrogen and oxygen atoms in total. The van der Waals surface area contributed by atoms with Crippen LogP contribution in [0.15, 0.2) is 47.6 Å². The van der Waals surface area contributed by atoms with Crippen LogP contribution in [0.25, 0.3) is 10.4 Å². The number of rotatable bonds is 24. The number of phenolic OH excluding ortho intramolecular Hbond substituents is 1. The highest BCUT2D eigenvalue weighted by Gasteiger charge is 2.42. The van der Waals surface area contributed by atoms with Gasteiger partial charge in [-0.1, -0.05) is 17.6 Å². The smallest absolute Gasteiger partial charge is 0.315 e. The number of azide groups is 1. The van der Waals surface area contributed by atoms with Gasteiger partial charge >= 0.3 is 6.03 Å². The molecule has 0 spiro atoms. The molecule has 2 aromatic rings. The zero-order chi connectivity index (χ0) is 35.4. The van der Waals surface area contributed by atoms with Crippen molar-refractivity contribution in [3.05, 3.63) is 64.0 Å². The third-order valence-corrected chi connectivity index (χ3v) is 9.55. The summed E-state index contributed by atoms with van der Waals surface area (Å²) >= 11 is 1.89. The lowest BCUT2D eigenvalue weighted by Crippen LogP contribution is -2.36. The number of hydrogen-bond donors (Lipinski definition) is 7. The molecule has 2 heterocycles. The van der Waals surface area contributed by atoms with E-state index in [-0.39, 0.29) is 35.7 Å². The molecule has 2 saturated heterocycles. The number of fused-ring (bicyclic) bond motifs is 1. The third kappa shape index (κ3) is 13.5. The first-order valence-corrected chi connectivity index (χ1v) is 17.9. The predicted molar refractivity (Wildman–Crippen MR) is 191 cm³/mol. The molecule has 0 bridgehead atoms. The molecular formula is C33H47N9O7S. The minimum absolute atomic E-state index is 0.0209. The van der Waals surface area contributed by atoms with Crippen molar-refractivity contribution in [3.8, 4) is 5.75 Å². The van der Waals surface area contributed by atoms with Gasteiger partial charge in [0, 0.05) is 47.5 Å². The molecule has 2 fully saturated rings. The van der Waals surface area contributed by atoms with Gasteiger partial charge in [0.15, 0.2) is 0 Å². The summed E-state index contributed by atoms with van der Waals surface area (Å²) in [5, 5.41) is 25.7. The van der Waals surface area contributed by atoms with Gasteiger partial charge in [0.05, 0.1) is 63.1 Å². The first-order chi connectivity index (χ1) is 24.4. The van der Waals surface area contributed by atoms with Crippen molar-refractivity contribution in [1.29, 1.82) is 0 Å². The maximum absolute atomic E-state index is 12.4. The lowest BCUT2D eigenvalue weighted by atomic mass is 10.0. The number of thioether (sulfide) groups is 1. The number of benzene rings is 2. The second-order valence-electron chi connectivity index (χ2n) is 11.7. The monoisotopic (exact) mass is 713 g/mol. The predicted octanol–water partition coefficient (Wildman–Crippen LogP) is 3.31. The molecule has 2 aliphatic heterocycles. The summed E-state index contributed by atoms with van der Waals surface area (Å²) in [6.07, 6.45) is 3.81. The number of aromatic hydroxyl groups is 1. The average molecular weight is 714 g/mol. The number of phenols is 1. The molecule has 17 heteroatoms. The Morgan fingerprint density at radius 2 is 1.66 bits per heavy atom. The van der Waals surface area contributed by atoms with Crippen molar-refractivity contribution in [2.24, 2.45) is 5.11 Å². The zero-order valence-corrected chi connectivity index (χ0v) is 28.8. The van der Waals surface area contributed by atoms with E-state index in [0.29, 0.717) is 94.3 Å². The van der Waals surface area contributed by atoms with Crippen LogP contribution < -0.4 is 32.1 Å². The Balaban J connectivity index is 0.926. The summed E-state index contributed by atoms with van der Waals surface area (Å²) in [7, 11) is 0. The van der Waals surface area contributed by atoms with Gasteiger partial charge in [-0.3, -0.25) is 15.0 Å². The molecule has 0 radical (unpaired) electrons. The van der Waals surface area contributed by atoms with Crippen molar-refractivity contribution in [1.82, 2.24) is 21.3 Å². The molecule has 2 aromatic carbocycles. The van der Waals surface area contributed by atoms with Crippen LogP contribution in [0, 0.1) is 0 Å². The quantitative estimate of drug-likeness (QED) is 0.0160. The van der Waals surface area contributed by atoms with Gasteiger partial charge in [-0.25, -0.2) is 4.79 Å². The number of hydrazine groups is 1. The van der Waals surface area contributed by atoms with Crippen molar-refractivity contribution in [2.45, 2.75) is 49.4 Å². The number of nitrogens with zero attached hydrogens (tertiary/aromatic N) is 3. The maximum Gasteiger partial charge on any atom is 0.315 e. The van der Waals surface area contributed by atoms with E-state index in [9.17, 15) is 19.5 Å². The lowest BCUT2D eigenvalue weighted by molar-refractivity contribution is -0.121. The average Bonchev–Trinajstić information content (AvgIpc) is 3.68. The number of carbonyl (C=O) groups excluding carboxylic acids is 3. The Labute approximate surface area is 295 Å². The summed E-state index contributed by atoms with van der Waals surface area (Å²) in [5.74, 6) is 0.809. The van der Waals surface area contributed by atoms with Gasteiger partial charge in [-0.15, -0.1) is 0 Å². The number of urea groups is 1. The summed E-state index contributed by atoms with van der Waals surface area (Å²) in [5.41, 5.74) is 16.9. The topological polar surface area (TPSA) is 220 Å². The fourth-order valence-electron chi connectivity index (χ4n) is 5.41. The van der Waals surface area contributed by atoms with Crippen LogP contribution >= 0.6 is 11.8 Å². The van der Waals surface area contributed by atoms with Gasteiger partial charge < -0.3 is 46.0 Å². The highest BCUT2D eigenvalue weighted by atomic mass is 32.2. The largest absolute Gasteiger partial charge is 0.506 e. The number of amides is 4. The highest BCUT2D eigenvalue weighted by molar-refractivity contribution is 8.00. The number of ether oxygens (including phenoxy) is 3. The molecule has 7 N–H and O–H groups in total. The van der Waals surface area contributed by atoms with E-state index in [1.165, 1.54) is 0 Å². The van der Waals surface area contributed by atoms with Crippen LogP contribution in [0.3, 0.4) is 0 Å². The van der Waals surface area contributed by atoms with E-state index in [0.717, 1.165) is 30.6 Å². The van der Waals surface area contributed by atoms with E-state index in [1.54, 1.807) is 42.5 Å². The molecule has 0 unspecified atom stereocenters. The fourth-order valence-corrected chi connectivity index (χ4v) is 6.96. The Bertz CT molecular complexity index is 1430. The van der Waals surface area contributed by atoms with Gasteiger partial charge in [-0.2, -0.15) is 11.8 Å². The molecule has 4 amide bonds. The molecule has 2 aliphatic rings. The van der Waals surface area contributed by atoms with E-state index in [2.05, 4.69) is 42.1 Å². The Kier molecular flexibility index (Phi) is 16.6. The molecule has 3 atom stereocenters. The summed E-state index contributed by atoms with van der Waals surface area (Å²) in [6, 6.07) is 12.3. The van der Waals surface area contributed by atoms with Gasteiger partial charge in [0.1, 0.15) is 5.75 Å². The standard InChI is InChI=1S/C33H47N9O7S/c34-42-37-12-11-23-5-10-28(43)26(21-23)41-40-25-8-6-24(7-9-25)32(45)36-14-16-48-18-20-49-19-17-47-15-13-35-30(44)4-2-1-3-29-31-27(22-50-29)38-33(46)39-31/h5-10,21,27,29,31,40-41,43H,1-4,11-20,22H2,(H,35,44)(H,36,45)(H2,38,39,46)/t27-,29-,31-/m0/s1. The first-order valence-electron chi connectivity index (χ1n) is 16.8. The van der Waals surface area contributed by atoms with Crippen molar-refractivity contribution < 1.29 is 33.7 Å². The van der Waals surface area contributed by atoms with Gasteiger partial charge in [0.25, 0.3) is 5.91 Å². The van der Waals surface area contributed by atoms with Crippen LogP contribution in [-0.2, 0) is 25.4 Å². The second kappa shape index (κ2) is 21.6. The number of unbranched alkanes of at least 4 members (excludes halogenated alkanes) is 1. The van der Waals surface area contributed by atoms with Crippen molar-refractivity contribution >= 4 is 41.0 Å². The number of hydrogen-bond acceptors (Lipinski definition) is 11. The van der Waals surface area contributed by atoms with E-state index >= 15 is 0 Å². The lowest BCUT2D eigenvalue weighted by Gasteiger charge is -2.16. The molecular weight excluding hydrogens is 666 g/mol. The van der Waals surface area contributed by atoms with Crippen LogP contribution in [0.4, 0.5) is 16.2 Å².